The van der Waals surface area contributed by atoms with Gasteiger partial charge in [0.05, 0.1) is 52.4 Å². The first-order chi connectivity index (χ1) is 43.6. The Morgan fingerprint density at radius 2 is 1.40 bits per heavy atom. The number of aliphatic imine (C=N–C) groups is 1. The van der Waals surface area contributed by atoms with E-state index >= 15 is 4.79 Å². The van der Waals surface area contributed by atoms with Crippen LogP contribution in [0.4, 0.5) is 0 Å². The second kappa shape index (κ2) is 29.7. The third kappa shape index (κ3) is 16.4. The molecule has 1 saturated heterocycles. The third-order valence-corrected chi connectivity index (χ3v) is 17.9. The Kier molecular flexibility index (Phi) is 22.1. The summed E-state index contributed by atoms with van der Waals surface area (Å²) in [5.74, 6) is -10.6. The van der Waals surface area contributed by atoms with Crippen LogP contribution in [-0.4, -0.2) is 164 Å². The van der Waals surface area contributed by atoms with Crippen molar-refractivity contribution in [2.24, 2.45) is 16.5 Å². The zero-order valence-corrected chi connectivity index (χ0v) is 52.8. The number of fused-ring (bicyclic) bond motifs is 8. The lowest BCUT2D eigenvalue weighted by molar-refractivity contribution is -0.141. The number of nitrogens with two attached hydrogens (primary N) is 2. The molecular weight excluding hydrogens is 1210 g/mol. The normalized spacial score (nSPS) is 21.8. The highest BCUT2D eigenvalue weighted by Gasteiger charge is 2.43. The Labute approximate surface area is 530 Å². The van der Waals surface area contributed by atoms with E-state index in [4.69, 9.17) is 21.4 Å². The first-order valence-corrected chi connectivity index (χ1v) is 32.2. The van der Waals surface area contributed by atoms with Crippen molar-refractivity contribution < 1.29 is 66.0 Å². The highest BCUT2D eigenvalue weighted by Crippen LogP contribution is 2.45. The molecule has 0 saturated carbocycles. The lowest BCUT2D eigenvalue weighted by Gasteiger charge is -2.27. The number of carboxylic acids is 1. The van der Waals surface area contributed by atoms with Crippen LogP contribution in [-0.2, 0) is 54.9 Å². The van der Waals surface area contributed by atoms with Crippen LogP contribution in [0.2, 0.25) is 0 Å². The van der Waals surface area contributed by atoms with Gasteiger partial charge in [-0.3, -0.25) is 62.5 Å². The van der Waals surface area contributed by atoms with E-state index in [1.54, 1.807) is 50.2 Å². The molecule has 5 aliphatic rings. The van der Waals surface area contributed by atoms with Gasteiger partial charge in [0.15, 0.2) is 11.7 Å². The molecule has 8 rings (SSSR count). The van der Waals surface area contributed by atoms with Gasteiger partial charge in [0.1, 0.15) is 24.2 Å². The number of carbonyl (C=O) groups is 10. The van der Waals surface area contributed by atoms with Crippen LogP contribution >= 0.6 is 0 Å². The lowest BCUT2D eigenvalue weighted by Crippen LogP contribution is -2.58. The van der Waals surface area contributed by atoms with Crippen LogP contribution in [0.5, 0.6) is 0 Å². The van der Waals surface area contributed by atoms with E-state index in [0.717, 1.165) is 16.4 Å². The summed E-state index contributed by atoms with van der Waals surface area (Å²) in [6, 6.07) is 8.20. The van der Waals surface area contributed by atoms with Crippen LogP contribution in [0.3, 0.4) is 0 Å². The van der Waals surface area contributed by atoms with Gasteiger partial charge in [0, 0.05) is 84.3 Å². The first kappa shape index (κ1) is 68.5. The van der Waals surface area contributed by atoms with Gasteiger partial charge >= 0.3 is 5.97 Å². The number of hydrogen-bond acceptors (Lipinski definition) is 16. The van der Waals surface area contributed by atoms with Crippen LogP contribution in [0, 0.1) is 6.92 Å². The number of Topliss-reactive ketones (excluding diaryl/α,β-unsaturated/α-hetero) is 1. The maximum absolute atomic E-state index is 15.1. The molecule has 7 heterocycles. The predicted molar refractivity (Wildman–Crippen MR) is 337 cm³/mol. The number of carbonyl (C=O) groups excluding carboxylic acids is 9. The molecule has 0 spiro atoms. The molecule has 8 amide bonds. The highest BCUT2D eigenvalue weighted by molar-refractivity contribution is 7.85. The lowest BCUT2D eigenvalue weighted by atomic mass is 9.85. The summed E-state index contributed by atoms with van der Waals surface area (Å²) in [6.07, 6.45) is -0.337. The Hall–Kier alpha value is -9.42. The number of rotatable bonds is 22. The van der Waals surface area contributed by atoms with Gasteiger partial charge in [-0.2, -0.15) is 8.42 Å². The number of amides is 8. The molecule has 15 N–H and O–H groups in total. The molecule has 3 aromatic rings. The van der Waals surface area contributed by atoms with Crippen molar-refractivity contribution in [3.8, 4) is 0 Å². The molecule has 8 atom stereocenters. The van der Waals surface area contributed by atoms with Crippen molar-refractivity contribution in [1.29, 1.82) is 0 Å². The van der Waals surface area contributed by atoms with Gasteiger partial charge < -0.3 is 58.4 Å². The molecule has 0 radical (unpaired) electrons. The third-order valence-electron chi connectivity index (χ3n) is 17.1. The number of benzene rings is 1. The Morgan fingerprint density at radius 1 is 0.739 bits per heavy atom. The Morgan fingerprint density at radius 3 is 2.08 bits per heavy atom. The molecule has 29 nitrogen and oxygen atoms in total. The summed E-state index contributed by atoms with van der Waals surface area (Å²) in [5, 5.41) is 26.1. The van der Waals surface area contributed by atoms with Crippen molar-refractivity contribution in [1.82, 2.24) is 62.3 Å². The molecule has 2 aromatic heterocycles. The average molecular weight is 1290 g/mol. The minimum atomic E-state index is -4.40. The largest absolute Gasteiger partial charge is 0.481 e. The number of aliphatic carboxylic acids is 1. The number of unbranched alkanes of at least 4 members (excludes halogenated alkanes) is 1. The SMILES string of the molecule is CC[C@H]1c2cc3[nH]c4c(c5nc(cc6nc(cc([nH]2)[C@@H]1C)C(C(C)=O)=C6C)[C@@H](C)[C@@H]5CC(=O)NCCCC[C@@H]1NC(=O)[C@@H](Cc2ccccc2)NC(=O)[C@H](CC(=O)O)NC(=O)CNC(=O)[C@H](CCCN=C(N)N)NC1=O)C(=O)N(NCCCS(=O)(=O)O)C(=O)c4c3C. The fraction of sp³-hybridized carbons (Fsp3) is 0.468. The molecule has 0 unspecified atom stereocenters. The standard InChI is InChI=1S/C62H79N15O14S/c1-7-36-30(2)40-27-45-51(34(6)78)32(4)42(70-45)25-41-31(3)37(54(72-41)53-55-52(33(5)43(73-55)26-44(36)69-40)60(87)77(61(53)88)68-21-14-22-92(89,90)91)24-48(79)65-19-12-11-17-39-57(84)74-38(18-13-20-66-62(63)64)56(83)67-29-49(80)71-47(28-50(81)82)59(86)76-46(58(85)75-39)23-35-15-9-8-10-16-35/h8-10,15-16,25-27,30-31,36-39,46-47,68-69,73H,7,11-14,17-24,28-29H2,1-6H3,(H,65,79)(H,67,83)(H,71,80)(H,74,84)(H,75,85)(H,76,86)(H,81,82)(H4,63,64,66)(H,89,90,91)/t30-,31+,36-,37+,38+,39+,46-,47+/m1/s1. The molecule has 8 bridgehead atoms. The van der Waals surface area contributed by atoms with Crippen LogP contribution in [0.15, 0.2) is 53.5 Å². The summed E-state index contributed by atoms with van der Waals surface area (Å²) < 4.78 is 32.9. The number of hydrazine groups is 1. The second-order valence-electron chi connectivity index (χ2n) is 23.6. The molecule has 1 aromatic carbocycles. The minimum absolute atomic E-state index is 0.0172. The number of H-pyrrole nitrogens is 2. The molecule has 5 aliphatic heterocycles. The monoisotopic (exact) mass is 1290 g/mol. The smallest absolute Gasteiger partial charge is 0.305 e. The zero-order chi connectivity index (χ0) is 66.9. The number of nitrogens with one attached hydrogen (secondary N) is 9. The van der Waals surface area contributed by atoms with Gasteiger partial charge in [-0.25, -0.2) is 15.4 Å². The van der Waals surface area contributed by atoms with Gasteiger partial charge in [-0.05, 0) is 101 Å². The predicted octanol–water partition coefficient (Wildman–Crippen LogP) is 1.95. The number of aryl methyl sites for hydroxylation is 1. The number of carboxylic acid groups (broad SMARTS) is 1. The Balaban J connectivity index is 1.11. The average Bonchev–Trinajstić information content (AvgIpc) is 1.54. The number of allylic oxidation sites excluding steroid dienone is 2. The molecular formula is C62H79N15O14S. The topological polar surface area (TPSA) is 455 Å². The van der Waals surface area contributed by atoms with E-state index in [9.17, 15) is 61.2 Å². The molecule has 92 heavy (non-hydrogen) atoms. The summed E-state index contributed by atoms with van der Waals surface area (Å²) in [6.45, 7) is 10.0. The van der Waals surface area contributed by atoms with E-state index in [1.807, 2.05) is 26.0 Å². The van der Waals surface area contributed by atoms with E-state index in [1.165, 1.54) is 6.92 Å². The van der Waals surface area contributed by atoms with Crippen molar-refractivity contribution in [3.05, 3.63) is 105 Å². The summed E-state index contributed by atoms with van der Waals surface area (Å²) in [7, 11) is -4.40. The fourth-order valence-electron chi connectivity index (χ4n) is 12.2. The Bertz CT molecular complexity index is 3840. The van der Waals surface area contributed by atoms with E-state index < -0.39 is 118 Å². The van der Waals surface area contributed by atoms with Gasteiger partial charge in [-0.15, -0.1) is 0 Å². The maximum Gasteiger partial charge on any atom is 0.305 e. The number of imide groups is 1. The quantitative estimate of drug-likeness (QED) is 0.0225. The number of hydrogen-bond donors (Lipinski definition) is 13. The number of nitrogens with zero attached hydrogens (tertiary/aromatic N) is 4. The van der Waals surface area contributed by atoms with Crippen molar-refractivity contribution >= 4 is 97.3 Å². The van der Waals surface area contributed by atoms with Crippen molar-refractivity contribution in [3.63, 3.8) is 0 Å². The molecule has 492 valence electrons. The maximum atomic E-state index is 15.1. The summed E-state index contributed by atoms with van der Waals surface area (Å²) in [4.78, 5) is 160. The number of guanidine groups is 1. The van der Waals surface area contributed by atoms with Crippen molar-refractivity contribution in [2.75, 3.05) is 31.9 Å². The summed E-state index contributed by atoms with van der Waals surface area (Å²) >= 11 is 0. The van der Waals surface area contributed by atoms with Crippen LogP contribution < -0.4 is 48.8 Å². The fourth-order valence-corrected chi connectivity index (χ4v) is 12.7. The minimum Gasteiger partial charge on any atom is -0.481 e. The van der Waals surface area contributed by atoms with Gasteiger partial charge in [0.2, 0.25) is 35.4 Å². The number of ketones is 1. The van der Waals surface area contributed by atoms with E-state index in [-0.39, 0.29) is 117 Å². The highest BCUT2D eigenvalue weighted by atomic mass is 32.2. The van der Waals surface area contributed by atoms with Crippen molar-refractivity contribution in [2.45, 2.75) is 154 Å². The molecule has 1 fully saturated rings. The van der Waals surface area contributed by atoms with E-state index in [0.29, 0.717) is 51.3 Å². The summed E-state index contributed by atoms with van der Waals surface area (Å²) in [5.41, 5.74) is 19.6. The van der Waals surface area contributed by atoms with Gasteiger partial charge in [0.25, 0.3) is 21.9 Å². The second-order valence-corrected chi connectivity index (χ2v) is 25.2. The van der Waals surface area contributed by atoms with Crippen LogP contribution in [0.1, 0.15) is 182 Å². The van der Waals surface area contributed by atoms with Gasteiger partial charge in [-0.1, -0.05) is 51.1 Å². The molecule has 0 aliphatic carbocycles. The van der Waals surface area contributed by atoms with Crippen LogP contribution in [0.25, 0.3) is 22.2 Å². The van der Waals surface area contributed by atoms with E-state index in [2.05, 4.69) is 59.2 Å². The zero-order valence-electron chi connectivity index (χ0n) is 52.0. The molecule has 30 heteroatoms. The first-order valence-electron chi connectivity index (χ1n) is 30.6. The number of aromatic amines is 2. The number of aromatic nitrogens is 4.